The van der Waals surface area contributed by atoms with Crippen molar-refractivity contribution in [3.63, 3.8) is 0 Å². The molecule has 0 saturated carbocycles. The molecule has 0 aliphatic heterocycles. The minimum Gasteiger partial charge on any atom is -0.453 e. The molecule has 0 radical (unpaired) electrons. The number of ether oxygens (including phenoxy) is 4. The number of hydrogen-bond acceptors (Lipinski definition) is 10. The summed E-state index contributed by atoms with van der Waals surface area (Å²) in [5, 5.41) is 21.5. The molecule has 0 atom stereocenters. The zero-order valence-corrected chi connectivity index (χ0v) is 23.1. The number of nitrogens with zero attached hydrogens (tertiary/aromatic N) is 3. The van der Waals surface area contributed by atoms with Crippen LogP contribution >= 0.6 is 0 Å². The van der Waals surface area contributed by atoms with Gasteiger partial charge >= 0.3 is 17.6 Å². The molecular formula is C26H35N3O9. The van der Waals surface area contributed by atoms with Gasteiger partial charge in [-0.25, -0.2) is 0 Å². The maximum atomic E-state index is 12.7. The highest BCUT2D eigenvalue weighted by atomic mass is 16.7. The van der Waals surface area contributed by atoms with Crippen molar-refractivity contribution >= 4 is 29.6 Å². The van der Waals surface area contributed by atoms with E-state index in [1.54, 1.807) is 55.4 Å². The standard InChI is InChI=1S/C26H35N3O9/c1-9-28(10-2)22(30)18(14-27)11-17-12-19(29(33)34)21(36-16-38-24(32)26(6,7)8)20(13-17)35-15-37-23(31)25(3,4)5/h11-13H,9-10,15-16H2,1-8H3/b18-11+. The fraction of sp³-hybridized carbons (Fsp3) is 0.538. The molecule has 12 nitrogen and oxygen atoms in total. The van der Waals surface area contributed by atoms with Gasteiger partial charge in [-0.1, -0.05) is 0 Å². The lowest BCUT2D eigenvalue weighted by atomic mass is 9.97. The molecular weight excluding hydrogens is 498 g/mol. The number of amides is 1. The lowest BCUT2D eigenvalue weighted by Gasteiger charge is -2.19. The lowest BCUT2D eigenvalue weighted by Crippen LogP contribution is -2.31. The summed E-state index contributed by atoms with van der Waals surface area (Å²) in [6.45, 7) is 12.8. The summed E-state index contributed by atoms with van der Waals surface area (Å²) in [4.78, 5) is 49.4. The molecule has 0 aromatic heterocycles. The van der Waals surface area contributed by atoms with Crippen molar-refractivity contribution in [1.82, 2.24) is 4.90 Å². The SMILES string of the molecule is CCN(CC)C(=O)/C(C#N)=C/c1cc(OCOC(=O)C(C)(C)C)c(OCOC(=O)C(C)(C)C)c([N+](=O)[O-])c1. The molecule has 1 amide bonds. The minimum absolute atomic E-state index is 0.0879. The van der Waals surface area contributed by atoms with Crippen molar-refractivity contribution in [2.45, 2.75) is 55.4 Å². The Kier molecular flexibility index (Phi) is 11.3. The van der Waals surface area contributed by atoms with E-state index in [0.717, 1.165) is 6.07 Å². The summed E-state index contributed by atoms with van der Waals surface area (Å²) >= 11 is 0. The molecule has 1 rings (SSSR count). The van der Waals surface area contributed by atoms with Crippen molar-refractivity contribution in [2.75, 3.05) is 26.7 Å². The highest BCUT2D eigenvalue weighted by Crippen LogP contribution is 2.39. The third-order valence-electron chi connectivity index (χ3n) is 4.99. The molecule has 0 heterocycles. The molecule has 0 bridgehead atoms. The average molecular weight is 534 g/mol. The van der Waals surface area contributed by atoms with Crippen LogP contribution in [0, 0.1) is 32.3 Å². The van der Waals surface area contributed by atoms with Gasteiger partial charge in [0.25, 0.3) is 5.91 Å². The zero-order valence-electron chi connectivity index (χ0n) is 23.1. The first-order valence-electron chi connectivity index (χ1n) is 11.9. The van der Waals surface area contributed by atoms with E-state index in [2.05, 4.69) is 0 Å². The summed E-state index contributed by atoms with van der Waals surface area (Å²) in [7, 11) is 0. The van der Waals surface area contributed by atoms with Gasteiger partial charge in [0.2, 0.25) is 19.3 Å². The van der Waals surface area contributed by atoms with Crippen LogP contribution in [0.3, 0.4) is 0 Å². The first-order valence-corrected chi connectivity index (χ1v) is 11.9. The Balaban J connectivity index is 3.50. The summed E-state index contributed by atoms with van der Waals surface area (Å²) in [5.41, 5.74) is -2.41. The molecule has 0 spiro atoms. The van der Waals surface area contributed by atoms with E-state index in [-0.39, 0.29) is 16.9 Å². The van der Waals surface area contributed by atoms with Crippen LogP contribution in [0.4, 0.5) is 5.69 Å². The molecule has 0 N–H and O–H groups in total. The van der Waals surface area contributed by atoms with Gasteiger partial charge in [0, 0.05) is 19.2 Å². The van der Waals surface area contributed by atoms with E-state index in [0.29, 0.717) is 13.1 Å². The van der Waals surface area contributed by atoms with Gasteiger partial charge in [0.1, 0.15) is 11.6 Å². The molecule has 0 unspecified atom stereocenters. The number of nitriles is 1. The van der Waals surface area contributed by atoms with Crippen LogP contribution in [0.25, 0.3) is 6.08 Å². The molecule has 38 heavy (non-hydrogen) atoms. The average Bonchev–Trinajstić information content (AvgIpc) is 2.82. The van der Waals surface area contributed by atoms with Crippen LogP contribution in [-0.4, -0.2) is 54.3 Å². The normalized spacial score (nSPS) is 11.7. The number of likely N-dealkylation sites (N-methyl/N-ethyl adjacent to an activating group) is 1. The highest BCUT2D eigenvalue weighted by Gasteiger charge is 2.28. The fourth-order valence-electron chi connectivity index (χ4n) is 2.79. The molecule has 0 aliphatic carbocycles. The van der Waals surface area contributed by atoms with E-state index in [1.807, 2.05) is 6.07 Å². The number of carbonyl (C=O) groups is 3. The highest BCUT2D eigenvalue weighted by molar-refractivity contribution is 6.01. The monoisotopic (exact) mass is 533 g/mol. The van der Waals surface area contributed by atoms with Crippen LogP contribution in [-0.2, 0) is 23.9 Å². The zero-order chi connectivity index (χ0) is 29.3. The Morgan fingerprint density at radius 2 is 1.47 bits per heavy atom. The van der Waals surface area contributed by atoms with Crippen molar-refractivity contribution in [3.8, 4) is 17.6 Å². The van der Waals surface area contributed by atoms with Gasteiger partial charge in [-0.3, -0.25) is 24.5 Å². The molecule has 12 heteroatoms. The third-order valence-corrected chi connectivity index (χ3v) is 4.99. The van der Waals surface area contributed by atoms with Gasteiger partial charge in [-0.05, 0) is 73.1 Å². The maximum absolute atomic E-state index is 12.7. The summed E-state index contributed by atoms with van der Waals surface area (Å²) < 4.78 is 21.1. The van der Waals surface area contributed by atoms with Gasteiger partial charge in [-0.2, -0.15) is 5.26 Å². The Hall–Kier alpha value is -4.14. The topological polar surface area (TPSA) is 158 Å². The van der Waals surface area contributed by atoms with E-state index in [4.69, 9.17) is 18.9 Å². The van der Waals surface area contributed by atoms with E-state index in [1.165, 1.54) is 17.0 Å². The van der Waals surface area contributed by atoms with E-state index in [9.17, 15) is 29.8 Å². The first kappa shape index (κ1) is 31.9. The van der Waals surface area contributed by atoms with E-state index < -0.39 is 58.6 Å². The second-order valence-corrected chi connectivity index (χ2v) is 10.2. The molecule has 0 fully saturated rings. The second-order valence-electron chi connectivity index (χ2n) is 10.2. The Morgan fingerprint density at radius 3 is 1.89 bits per heavy atom. The van der Waals surface area contributed by atoms with Gasteiger partial charge < -0.3 is 23.8 Å². The van der Waals surface area contributed by atoms with Gasteiger partial charge in [0.05, 0.1) is 15.8 Å². The van der Waals surface area contributed by atoms with Crippen molar-refractivity contribution in [2.24, 2.45) is 10.8 Å². The number of hydrogen-bond donors (Lipinski definition) is 0. The number of rotatable bonds is 11. The summed E-state index contributed by atoms with van der Waals surface area (Å²) in [6, 6.07) is 4.19. The Morgan fingerprint density at radius 1 is 0.974 bits per heavy atom. The minimum atomic E-state index is -0.838. The van der Waals surface area contributed by atoms with Crippen molar-refractivity contribution in [1.29, 1.82) is 5.26 Å². The maximum Gasteiger partial charge on any atom is 0.315 e. The molecule has 1 aromatic rings. The molecule has 208 valence electrons. The number of carbonyl (C=O) groups excluding carboxylic acids is 3. The smallest absolute Gasteiger partial charge is 0.315 e. The molecule has 1 aromatic carbocycles. The largest absolute Gasteiger partial charge is 0.453 e. The lowest BCUT2D eigenvalue weighted by molar-refractivity contribution is -0.386. The number of nitro groups is 1. The third kappa shape index (κ3) is 9.06. The van der Waals surface area contributed by atoms with Crippen LogP contribution in [0.1, 0.15) is 61.0 Å². The summed E-state index contributed by atoms with van der Waals surface area (Å²) in [5.74, 6) is -2.35. The molecule has 0 aliphatic rings. The Bertz CT molecular complexity index is 1120. The van der Waals surface area contributed by atoms with E-state index >= 15 is 0 Å². The Labute approximate surface area is 222 Å². The predicted octanol–water partition coefficient (Wildman–Crippen LogP) is 4.22. The van der Waals surface area contributed by atoms with Gasteiger partial charge in [0.15, 0.2) is 5.75 Å². The van der Waals surface area contributed by atoms with Crippen LogP contribution in [0.15, 0.2) is 17.7 Å². The number of nitro benzene ring substituents is 1. The second kappa shape index (κ2) is 13.4. The number of benzene rings is 1. The summed E-state index contributed by atoms with van der Waals surface area (Å²) in [6.07, 6.45) is 1.19. The predicted molar refractivity (Wildman–Crippen MR) is 137 cm³/mol. The van der Waals surface area contributed by atoms with Crippen LogP contribution in [0.2, 0.25) is 0 Å². The van der Waals surface area contributed by atoms with Crippen molar-refractivity contribution < 1.29 is 38.3 Å². The van der Waals surface area contributed by atoms with Gasteiger partial charge in [-0.15, -0.1) is 0 Å². The number of esters is 2. The fourth-order valence-corrected chi connectivity index (χ4v) is 2.79. The van der Waals surface area contributed by atoms with Crippen LogP contribution in [0.5, 0.6) is 11.5 Å². The molecule has 0 saturated heterocycles. The van der Waals surface area contributed by atoms with Crippen molar-refractivity contribution in [3.05, 3.63) is 33.4 Å². The first-order chi connectivity index (χ1) is 17.6. The quantitative estimate of drug-likeness (QED) is 0.101. The van der Waals surface area contributed by atoms with Crippen LogP contribution < -0.4 is 9.47 Å².